The van der Waals surface area contributed by atoms with Crippen molar-refractivity contribution in [3.8, 4) is 0 Å². The molecule has 1 atom stereocenters. The molecule has 0 aliphatic heterocycles. The first kappa shape index (κ1) is 15.5. The molecular formula is C15H23N3O3. The van der Waals surface area contributed by atoms with Crippen molar-refractivity contribution in [1.29, 1.82) is 0 Å². The number of aromatic nitrogens is 1. The Bertz CT molecular complexity index is 492. The highest BCUT2D eigenvalue weighted by molar-refractivity contribution is 5.92. The lowest BCUT2D eigenvalue weighted by molar-refractivity contribution is -0.120. The molecule has 116 valence electrons. The Morgan fingerprint density at radius 1 is 1.38 bits per heavy atom. The maximum Gasteiger partial charge on any atom is 0.273 e. The molecule has 1 unspecified atom stereocenters. The molecule has 0 bridgehead atoms. The molecule has 21 heavy (non-hydrogen) atoms. The molecule has 1 saturated carbocycles. The van der Waals surface area contributed by atoms with E-state index in [9.17, 15) is 9.59 Å². The van der Waals surface area contributed by atoms with Gasteiger partial charge in [-0.25, -0.2) is 4.98 Å². The van der Waals surface area contributed by atoms with Gasteiger partial charge in [0.1, 0.15) is 6.26 Å². The topological polar surface area (TPSA) is 84.2 Å². The van der Waals surface area contributed by atoms with Crippen LogP contribution in [0.1, 0.15) is 67.7 Å². The van der Waals surface area contributed by atoms with E-state index in [0.29, 0.717) is 17.5 Å². The van der Waals surface area contributed by atoms with Crippen molar-refractivity contribution in [2.45, 2.75) is 57.4 Å². The molecule has 2 rings (SSSR count). The summed E-state index contributed by atoms with van der Waals surface area (Å²) in [5.41, 5.74) is 0.291. The third-order valence-corrected chi connectivity index (χ3v) is 3.86. The summed E-state index contributed by atoms with van der Waals surface area (Å²) in [7, 11) is 1.57. The fourth-order valence-corrected chi connectivity index (χ4v) is 2.66. The highest BCUT2D eigenvalue weighted by Gasteiger charge is 2.22. The zero-order valence-corrected chi connectivity index (χ0v) is 12.6. The highest BCUT2D eigenvalue weighted by Crippen LogP contribution is 2.31. The zero-order chi connectivity index (χ0) is 15.2. The van der Waals surface area contributed by atoms with Gasteiger partial charge in [-0.05, 0) is 19.8 Å². The molecule has 2 amide bonds. The fourth-order valence-electron chi connectivity index (χ4n) is 2.66. The van der Waals surface area contributed by atoms with Crippen molar-refractivity contribution in [2.75, 3.05) is 7.05 Å². The number of carbonyl (C=O) groups is 2. The Labute approximate surface area is 124 Å². The Kier molecular flexibility index (Phi) is 5.36. The van der Waals surface area contributed by atoms with Gasteiger partial charge in [-0.3, -0.25) is 9.59 Å². The monoisotopic (exact) mass is 293 g/mol. The van der Waals surface area contributed by atoms with E-state index in [2.05, 4.69) is 15.6 Å². The number of nitrogens with zero attached hydrogens (tertiary/aromatic N) is 1. The van der Waals surface area contributed by atoms with Gasteiger partial charge in [-0.1, -0.05) is 19.3 Å². The molecule has 1 aromatic heterocycles. The summed E-state index contributed by atoms with van der Waals surface area (Å²) < 4.78 is 5.46. The van der Waals surface area contributed by atoms with Crippen LogP contribution in [0.4, 0.5) is 0 Å². The Hall–Kier alpha value is -1.85. The maximum atomic E-state index is 12.1. The number of rotatable bonds is 5. The molecule has 1 aromatic rings. The molecule has 1 heterocycles. The first-order valence-corrected chi connectivity index (χ1v) is 7.57. The number of carbonyl (C=O) groups excluding carboxylic acids is 2. The second-order valence-corrected chi connectivity index (χ2v) is 5.66. The van der Waals surface area contributed by atoms with Crippen LogP contribution in [-0.4, -0.2) is 29.9 Å². The number of hydrogen-bond donors (Lipinski definition) is 2. The van der Waals surface area contributed by atoms with E-state index in [1.165, 1.54) is 25.5 Å². The summed E-state index contributed by atoms with van der Waals surface area (Å²) in [5, 5.41) is 5.29. The number of oxazole rings is 1. The zero-order valence-electron chi connectivity index (χ0n) is 12.6. The molecule has 1 fully saturated rings. The van der Waals surface area contributed by atoms with Gasteiger partial charge >= 0.3 is 0 Å². The van der Waals surface area contributed by atoms with Crippen molar-refractivity contribution in [3.05, 3.63) is 17.8 Å². The Balaban J connectivity index is 1.90. The van der Waals surface area contributed by atoms with Crippen molar-refractivity contribution in [1.82, 2.24) is 15.6 Å². The van der Waals surface area contributed by atoms with Crippen molar-refractivity contribution in [3.63, 3.8) is 0 Å². The summed E-state index contributed by atoms with van der Waals surface area (Å²) >= 11 is 0. The molecule has 1 aliphatic rings. The third kappa shape index (κ3) is 4.31. The second kappa shape index (κ2) is 7.24. The summed E-state index contributed by atoms with van der Waals surface area (Å²) in [6, 6.07) is -0.243. The van der Waals surface area contributed by atoms with Crippen LogP contribution in [0.5, 0.6) is 0 Å². The van der Waals surface area contributed by atoms with Crippen LogP contribution in [0, 0.1) is 0 Å². The summed E-state index contributed by atoms with van der Waals surface area (Å²) in [5.74, 6) is 0.602. The Morgan fingerprint density at radius 2 is 2.10 bits per heavy atom. The summed E-state index contributed by atoms with van der Waals surface area (Å²) in [4.78, 5) is 27.6. The predicted octanol–water partition coefficient (Wildman–Crippen LogP) is 1.98. The molecule has 0 radical (unpaired) electrons. The van der Waals surface area contributed by atoms with Crippen LogP contribution < -0.4 is 10.6 Å². The molecule has 2 N–H and O–H groups in total. The highest BCUT2D eigenvalue weighted by atomic mass is 16.3. The minimum Gasteiger partial charge on any atom is -0.448 e. The van der Waals surface area contributed by atoms with E-state index in [1.54, 1.807) is 14.0 Å². The van der Waals surface area contributed by atoms with Crippen LogP contribution in [-0.2, 0) is 4.79 Å². The largest absolute Gasteiger partial charge is 0.448 e. The lowest BCUT2D eigenvalue weighted by Crippen LogP contribution is -2.36. The lowest BCUT2D eigenvalue weighted by Gasteiger charge is -2.17. The lowest BCUT2D eigenvalue weighted by atomic mass is 9.89. The van der Waals surface area contributed by atoms with Crippen LogP contribution in [0.3, 0.4) is 0 Å². The van der Waals surface area contributed by atoms with Gasteiger partial charge in [0, 0.05) is 25.4 Å². The normalized spacial score (nSPS) is 17.2. The third-order valence-electron chi connectivity index (χ3n) is 3.86. The van der Waals surface area contributed by atoms with Gasteiger partial charge < -0.3 is 15.1 Å². The van der Waals surface area contributed by atoms with Gasteiger partial charge in [0.05, 0.1) is 0 Å². The second-order valence-electron chi connectivity index (χ2n) is 5.66. The average Bonchev–Trinajstić information content (AvgIpc) is 2.97. The van der Waals surface area contributed by atoms with Crippen molar-refractivity contribution >= 4 is 11.8 Å². The van der Waals surface area contributed by atoms with E-state index < -0.39 is 0 Å². The average molecular weight is 293 g/mol. The van der Waals surface area contributed by atoms with Crippen LogP contribution in [0.2, 0.25) is 0 Å². The maximum absolute atomic E-state index is 12.1. The smallest absolute Gasteiger partial charge is 0.273 e. The molecule has 0 saturated heterocycles. The fraction of sp³-hybridized carbons (Fsp3) is 0.667. The SMILES string of the molecule is CNC(=O)CC(C)NC(=O)c1coc(C2CCCCC2)n1. The van der Waals surface area contributed by atoms with Gasteiger partial charge in [-0.15, -0.1) is 0 Å². The minimum atomic E-state index is -0.294. The van der Waals surface area contributed by atoms with Crippen LogP contribution in [0.15, 0.2) is 10.7 Å². The predicted molar refractivity (Wildman–Crippen MR) is 77.9 cm³/mol. The standard InChI is InChI=1S/C15H23N3O3/c1-10(8-13(19)16-2)17-14(20)12-9-21-15(18-12)11-6-4-3-5-7-11/h9-11H,3-8H2,1-2H3,(H,16,19)(H,17,20). The molecule has 1 aliphatic carbocycles. The van der Waals surface area contributed by atoms with Gasteiger partial charge in [0.15, 0.2) is 11.6 Å². The van der Waals surface area contributed by atoms with Gasteiger partial charge in [-0.2, -0.15) is 0 Å². The number of nitrogens with one attached hydrogen (secondary N) is 2. The molecule has 0 spiro atoms. The molecule has 6 heteroatoms. The quantitative estimate of drug-likeness (QED) is 0.869. The molecular weight excluding hydrogens is 270 g/mol. The summed E-state index contributed by atoms with van der Waals surface area (Å²) in [6.07, 6.45) is 7.46. The number of hydrogen-bond acceptors (Lipinski definition) is 4. The first-order valence-electron chi connectivity index (χ1n) is 7.57. The Morgan fingerprint density at radius 3 is 2.76 bits per heavy atom. The van der Waals surface area contributed by atoms with E-state index >= 15 is 0 Å². The van der Waals surface area contributed by atoms with Gasteiger partial charge in [0.2, 0.25) is 5.91 Å². The molecule has 6 nitrogen and oxygen atoms in total. The van der Waals surface area contributed by atoms with E-state index in [4.69, 9.17) is 4.42 Å². The minimum absolute atomic E-state index is 0.106. The van der Waals surface area contributed by atoms with Crippen LogP contribution >= 0.6 is 0 Å². The first-order chi connectivity index (χ1) is 10.1. The van der Waals surface area contributed by atoms with E-state index in [-0.39, 0.29) is 24.3 Å². The van der Waals surface area contributed by atoms with E-state index in [1.807, 2.05) is 0 Å². The van der Waals surface area contributed by atoms with E-state index in [0.717, 1.165) is 12.8 Å². The van der Waals surface area contributed by atoms with Crippen molar-refractivity contribution < 1.29 is 14.0 Å². The number of amides is 2. The van der Waals surface area contributed by atoms with Gasteiger partial charge in [0.25, 0.3) is 5.91 Å². The van der Waals surface area contributed by atoms with Crippen LogP contribution in [0.25, 0.3) is 0 Å². The summed E-state index contributed by atoms with van der Waals surface area (Å²) in [6.45, 7) is 1.79. The van der Waals surface area contributed by atoms with Crippen molar-refractivity contribution in [2.24, 2.45) is 0 Å². The molecule has 0 aromatic carbocycles.